The van der Waals surface area contributed by atoms with Crippen LogP contribution in [0.15, 0.2) is 18.3 Å². The van der Waals surface area contributed by atoms with Gasteiger partial charge in [0, 0.05) is 24.3 Å². The molecule has 0 aromatic carbocycles. The van der Waals surface area contributed by atoms with Crippen LogP contribution < -0.4 is 5.32 Å². The monoisotopic (exact) mass is 279 g/mol. The van der Waals surface area contributed by atoms with Crippen LogP contribution in [0.3, 0.4) is 0 Å². The van der Waals surface area contributed by atoms with Crippen LogP contribution in [-0.4, -0.2) is 53.0 Å². The van der Waals surface area contributed by atoms with E-state index in [-0.39, 0.29) is 11.6 Å². The SMILES string of the molecule is CC(C)N(C)CCCNC(=O)c1ccnc(C(=O)O)c1. The molecule has 0 aliphatic rings. The highest BCUT2D eigenvalue weighted by molar-refractivity contribution is 5.96. The van der Waals surface area contributed by atoms with E-state index in [1.54, 1.807) is 0 Å². The van der Waals surface area contributed by atoms with E-state index in [1.807, 2.05) is 7.05 Å². The summed E-state index contributed by atoms with van der Waals surface area (Å²) in [5.74, 6) is -1.42. The largest absolute Gasteiger partial charge is 0.477 e. The maximum Gasteiger partial charge on any atom is 0.354 e. The summed E-state index contributed by atoms with van der Waals surface area (Å²) in [4.78, 5) is 28.5. The van der Waals surface area contributed by atoms with E-state index in [4.69, 9.17) is 5.11 Å². The minimum absolute atomic E-state index is 0.128. The maximum atomic E-state index is 11.9. The Kier molecular flexibility index (Phi) is 6.11. The van der Waals surface area contributed by atoms with E-state index < -0.39 is 5.97 Å². The van der Waals surface area contributed by atoms with Gasteiger partial charge in [-0.2, -0.15) is 0 Å². The van der Waals surface area contributed by atoms with Crippen molar-refractivity contribution in [3.63, 3.8) is 0 Å². The Morgan fingerprint density at radius 2 is 2.15 bits per heavy atom. The summed E-state index contributed by atoms with van der Waals surface area (Å²) in [6.07, 6.45) is 2.17. The first-order valence-corrected chi connectivity index (χ1v) is 6.59. The molecule has 1 aromatic heterocycles. The van der Waals surface area contributed by atoms with Crippen molar-refractivity contribution in [2.24, 2.45) is 0 Å². The Morgan fingerprint density at radius 1 is 1.45 bits per heavy atom. The van der Waals surface area contributed by atoms with Gasteiger partial charge in [0.1, 0.15) is 5.69 Å². The average Bonchev–Trinajstić information content (AvgIpc) is 2.43. The number of carbonyl (C=O) groups is 2. The van der Waals surface area contributed by atoms with Gasteiger partial charge in [-0.3, -0.25) is 4.79 Å². The number of aromatic nitrogens is 1. The van der Waals surface area contributed by atoms with Crippen molar-refractivity contribution in [3.05, 3.63) is 29.6 Å². The number of carboxylic acid groups (broad SMARTS) is 1. The van der Waals surface area contributed by atoms with Crippen molar-refractivity contribution in [1.82, 2.24) is 15.2 Å². The molecule has 0 aliphatic carbocycles. The second kappa shape index (κ2) is 7.59. The quantitative estimate of drug-likeness (QED) is 0.734. The molecule has 2 N–H and O–H groups in total. The zero-order valence-electron chi connectivity index (χ0n) is 12.1. The summed E-state index contributed by atoms with van der Waals surface area (Å²) in [5.41, 5.74) is 0.187. The van der Waals surface area contributed by atoms with Crippen LogP contribution >= 0.6 is 0 Å². The standard InChI is InChI=1S/C14H21N3O3/c1-10(2)17(3)8-4-6-16-13(18)11-5-7-15-12(9-11)14(19)20/h5,7,9-10H,4,6,8H2,1-3H3,(H,16,18)(H,19,20). The molecule has 20 heavy (non-hydrogen) atoms. The van der Waals surface area contributed by atoms with Crippen molar-refractivity contribution >= 4 is 11.9 Å². The number of hydrogen-bond acceptors (Lipinski definition) is 4. The van der Waals surface area contributed by atoms with Crippen molar-refractivity contribution in [3.8, 4) is 0 Å². The summed E-state index contributed by atoms with van der Waals surface area (Å²) < 4.78 is 0. The van der Waals surface area contributed by atoms with Gasteiger partial charge in [0.15, 0.2) is 0 Å². The molecule has 1 amide bonds. The van der Waals surface area contributed by atoms with Gasteiger partial charge in [-0.05, 0) is 46.0 Å². The Hall–Kier alpha value is -1.95. The summed E-state index contributed by atoms with van der Waals surface area (Å²) in [7, 11) is 2.04. The van der Waals surface area contributed by atoms with Gasteiger partial charge in [-0.15, -0.1) is 0 Å². The Balaban J connectivity index is 2.43. The van der Waals surface area contributed by atoms with E-state index in [0.717, 1.165) is 13.0 Å². The van der Waals surface area contributed by atoms with Crippen LogP contribution in [0.1, 0.15) is 41.1 Å². The molecule has 6 nitrogen and oxygen atoms in total. The number of carboxylic acids is 1. The summed E-state index contributed by atoms with van der Waals surface area (Å²) in [6, 6.07) is 3.25. The number of hydrogen-bond donors (Lipinski definition) is 2. The first-order chi connectivity index (χ1) is 9.41. The second-order valence-corrected chi connectivity index (χ2v) is 4.92. The van der Waals surface area contributed by atoms with E-state index in [9.17, 15) is 9.59 Å². The molecule has 0 fully saturated rings. The number of nitrogens with zero attached hydrogens (tertiary/aromatic N) is 2. The predicted molar refractivity (Wildman–Crippen MR) is 75.9 cm³/mol. The van der Waals surface area contributed by atoms with Gasteiger partial charge in [0.2, 0.25) is 0 Å². The fourth-order valence-corrected chi connectivity index (χ4v) is 1.58. The Labute approximate surface area is 118 Å². The second-order valence-electron chi connectivity index (χ2n) is 4.92. The fourth-order valence-electron chi connectivity index (χ4n) is 1.58. The lowest BCUT2D eigenvalue weighted by Gasteiger charge is -2.20. The average molecular weight is 279 g/mol. The molecule has 0 spiro atoms. The molecule has 0 radical (unpaired) electrons. The van der Waals surface area contributed by atoms with Crippen LogP contribution in [-0.2, 0) is 0 Å². The van der Waals surface area contributed by atoms with Crippen molar-refractivity contribution in [2.45, 2.75) is 26.3 Å². The number of carbonyl (C=O) groups excluding carboxylic acids is 1. The third kappa shape index (κ3) is 4.97. The van der Waals surface area contributed by atoms with Crippen LogP contribution in [0.4, 0.5) is 0 Å². The zero-order valence-corrected chi connectivity index (χ0v) is 12.1. The van der Waals surface area contributed by atoms with Crippen LogP contribution in [0.2, 0.25) is 0 Å². The highest BCUT2D eigenvalue weighted by atomic mass is 16.4. The molecule has 0 saturated heterocycles. The minimum atomic E-state index is -1.14. The number of rotatable bonds is 7. The Morgan fingerprint density at radius 3 is 2.75 bits per heavy atom. The van der Waals surface area contributed by atoms with Gasteiger partial charge in [-0.25, -0.2) is 9.78 Å². The summed E-state index contributed by atoms with van der Waals surface area (Å²) >= 11 is 0. The van der Waals surface area contributed by atoms with Crippen molar-refractivity contribution in [1.29, 1.82) is 0 Å². The molecule has 110 valence electrons. The van der Waals surface area contributed by atoms with Gasteiger partial charge in [-0.1, -0.05) is 0 Å². The lowest BCUT2D eigenvalue weighted by molar-refractivity contribution is 0.0690. The topological polar surface area (TPSA) is 82.5 Å². The van der Waals surface area contributed by atoms with Gasteiger partial charge in [0.25, 0.3) is 5.91 Å². The molecule has 0 atom stereocenters. The fraction of sp³-hybridized carbons (Fsp3) is 0.500. The van der Waals surface area contributed by atoms with Crippen LogP contribution in [0.5, 0.6) is 0 Å². The molecular weight excluding hydrogens is 258 g/mol. The maximum absolute atomic E-state index is 11.9. The molecule has 0 saturated carbocycles. The van der Waals surface area contributed by atoms with Gasteiger partial charge in [0.05, 0.1) is 0 Å². The Bertz CT molecular complexity index is 474. The molecule has 0 bridgehead atoms. The molecule has 0 aliphatic heterocycles. The lowest BCUT2D eigenvalue weighted by Crippen LogP contribution is -2.31. The first kappa shape index (κ1) is 16.1. The van der Waals surface area contributed by atoms with E-state index in [2.05, 4.69) is 29.0 Å². The molecule has 1 aromatic rings. The smallest absolute Gasteiger partial charge is 0.354 e. The van der Waals surface area contributed by atoms with Crippen LogP contribution in [0, 0.1) is 0 Å². The van der Waals surface area contributed by atoms with Gasteiger partial charge >= 0.3 is 5.97 Å². The third-order valence-corrected chi connectivity index (χ3v) is 3.10. The number of nitrogens with one attached hydrogen (secondary N) is 1. The molecule has 6 heteroatoms. The van der Waals surface area contributed by atoms with E-state index >= 15 is 0 Å². The van der Waals surface area contributed by atoms with E-state index in [0.29, 0.717) is 18.2 Å². The molecule has 1 heterocycles. The number of pyridine rings is 1. The zero-order chi connectivity index (χ0) is 15.1. The molecule has 0 unspecified atom stereocenters. The van der Waals surface area contributed by atoms with E-state index in [1.165, 1.54) is 18.3 Å². The predicted octanol–water partition coefficient (Wildman–Crippen LogP) is 1.24. The third-order valence-electron chi connectivity index (χ3n) is 3.10. The first-order valence-electron chi connectivity index (χ1n) is 6.59. The molecule has 1 rings (SSSR count). The number of amides is 1. The summed E-state index contributed by atoms with van der Waals surface area (Å²) in [6.45, 7) is 5.68. The lowest BCUT2D eigenvalue weighted by atomic mass is 10.2. The van der Waals surface area contributed by atoms with Crippen molar-refractivity contribution < 1.29 is 14.7 Å². The minimum Gasteiger partial charge on any atom is -0.477 e. The highest BCUT2D eigenvalue weighted by Crippen LogP contribution is 2.02. The number of aromatic carboxylic acids is 1. The highest BCUT2D eigenvalue weighted by Gasteiger charge is 2.10. The van der Waals surface area contributed by atoms with Crippen molar-refractivity contribution in [2.75, 3.05) is 20.1 Å². The normalized spacial score (nSPS) is 10.8. The molecular formula is C14H21N3O3. The van der Waals surface area contributed by atoms with Gasteiger partial charge < -0.3 is 15.3 Å². The van der Waals surface area contributed by atoms with Crippen LogP contribution in [0.25, 0.3) is 0 Å². The summed E-state index contributed by atoms with van der Waals surface area (Å²) in [5, 5.41) is 11.6.